The van der Waals surface area contributed by atoms with Crippen LogP contribution in [0.1, 0.15) is 20.8 Å². The van der Waals surface area contributed by atoms with E-state index >= 15 is 0 Å². The van der Waals surface area contributed by atoms with Gasteiger partial charge in [-0.05, 0) is 24.6 Å². The quantitative estimate of drug-likeness (QED) is 0.642. The van der Waals surface area contributed by atoms with Crippen LogP contribution < -0.4 is 10.6 Å². The van der Waals surface area contributed by atoms with Gasteiger partial charge >= 0.3 is 0 Å². The highest BCUT2D eigenvalue weighted by Crippen LogP contribution is 2.27. The molecule has 6 heteroatoms. The molecule has 3 aromatic rings. The molecule has 0 spiro atoms. The number of carbonyl (C=O) groups is 1. The number of carbonyl (C=O) groups excluding carboxylic acids is 1. The van der Waals surface area contributed by atoms with Crippen LogP contribution in [0.2, 0.25) is 0 Å². The number of pyridine rings is 1. The van der Waals surface area contributed by atoms with Gasteiger partial charge in [-0.1, -0.05) is 24.3 Å². The summed E-state index contributed by atoms with van der Waals surface area (Å²) in [4.78, 5) is 21.5. The topological polar surface area (TPSA) is 66.9 Å². The average Bonchev–Trinajstić information content (AvgIpc) is 3.11. The van der Waals surface area contributed by atoms with Crippen molar-refractivity contribution in [2.45, 2.75) is 13.5 Å². The van der Waals surface area contributed by atoms with Crippen molar-refractivity contribution >= 4 is 17.2 Å². The van der Waals surface area contributed by atoms with E-state index in [0.717, 1.165) is 11.6 Å². The number of nitrogens with zero attached hydrogens (tertiary/aromatic N) is 2. The van der Waals surface area contributed by atoms with E-state index in [1.54, 1.807) is 35.9 Å². The average molecular weight is 352 g/mol. The summed E-state index contributed by atoms with van der Waals surface area (Å²) in [5.41, 5.74) is 3.04. The minimum absolute atomic E-state index is 0.0798. The Hall–Kier alpha value is -2.57. The van der Waals surface area contributed by atoms with Gasteiger partial charge in [0.05, 0.1) is 0 Å². The van der Waals surface area contributed by atoms with Gasteiger partial charge in [0.15, 0.2) is 0 Å². The lowest BCUT2D eigenvalue weighted by atomic mass is 10.1. The SMILES string of the molecule is Cc1ccccc1-c1ncc(CNCCNC(=O)c2ccncc2)s1. The Labute approximate surface area is 151 Å². The van der Waals surface area contributed by atoms with E-state index in [9.17, 15) is 4.79 Å². The van der Waals surface area contributed by atoms with Crippen LogP contribution in [0.3, 0.4) is 0 Å². The predicted octanol–water partition coefficient (Wildman–Crippen LogP) is 3.03. The van der Waals surface area contributed by atoms with Crippen LogP contribution in [0.25, 0.3) is 10.6 Å². The van der Waals surface area contributed by atoms with Crippen molar-refractivity contribution < 1.29 is 4.79 Å². The highest BCUT2D eigenvalue weighted by molar-refractivity contribution is 7.15. The second kappa shape index (κ2) is 8.50. The molecule has 128 valence electrons. The van der Waals surface area contributed by atoms with Gasteiger partial charge in [-0.15, -0.1) is 11.3 Å². The van der Waals surface area contributed by atoms with Crippen molar-refractivity contribution in [2.75, 3.05) is 13.1 Å². The number of nitrogens with one attached hydrogen (secondary N) is 2. The van der Waals surface area contributed by atoms with Crippen LogP contribution in [0.4, 0.5) is 0 Å². The molecule has 0 saturated carbocycles. The molecule has 0 bridgehead atoms. The molecule has 0 unspecified atom stereocenters. The second-order valence-electron chi connectivity index (χ2n) is 5.62. The van der Waals surface area contributed by atoms with E-state index in [1.165, 1.54) is 16.0 Å². The fourth-order valence-corrected chi connectivity index (χ4v) is 3.38. The molecule has 0 atom stereocenters. The normalized spacial score (nSPS) is 10.6. The van der Waals surface area contributed by atoms with E-state index in [-0.39, 0.29) is 5.91 Å². The zero-order valence-corrected chi connectivity index (χ0v) is 14.8. The fraction of sp³-hybridized carbons (Fsp3) is 0.211. The third-order valence-electron chi connectivity index (χ3n) is 3.76. The third-order valence-corrected chi connectivity index (χ3v) is 4.79. The molecule has 1 aromatic carbocycles. The molecule has 5 nitrogen and oxygen atoms in total. The second-order valence-corrected chi connectivity index (χ2v) is 6.73. The highest BCUT2D eigenvalue weighted by Gasteiger charge is 2.07. The molecular formula is C19H20N4OS. The first kappa shape index (κ1) is 17.3. The number of aromatic nitrogens is 2. The summed E-state index contributed by atoms with van der Waals surface area (Å²) < 4.78 is 0. The monoisotopic (exact) mass is 352 g/mol. The number of benzene rings is 1. The van der Waals surface area contributed by atoms with Crippen LogP contribution in [0.5, 0.6) is 0 Å². The van der Waals surface area contributed by atoms with E-state index < -0.39 is 0 Å². The van der Waals surface area contributed by atoms with Crippen LogP contribution in [0.15, 0.2) is 55.0 Å². The summed E-state index contributed by atoms with van der Waals surface area (Å²) in [6, 6.07) is 11.7. The summed E-state index contributed by atoms with van der Waals surface area (Å²) in [7, 11) is 0. The molecule has 25 heavy (non-hydrogen) atoms. The Morgan fingerprint density at radius 1 is 1.12 bits per heavy atom. The summed E-state index contributed by atoms with van der Waals surface area (Å²) in [6.45, 7) is 4.12. The fourth-order valence-electron chi connectivity index (χ4n) is 2.41. The largest absolute Gasteiger partial charge is 0.351 e. The lowest BCUT2D eigenvalue weighted by Gasteiger charge is -2.06. The van der Waals surface area contributed by atoms with Gasteiger partial charge in [-0.2, -0.15) is 0 Å². The van der Waals surface area contributed by atoms with Gasteiger partial charge in [-0.25, -0.2) is 4.98 Å². The van der Waals surface area contributed by atoms with E-state index in [4.69, 9.17) is 0 Å². The Balaban J connectivity index is 1.43. The maximum Gasteiger partial charge on any atom is 0.251 e. The molecule has 3 rings (SSSR count). The van der Waals surface area contributed by atoms with Crippen molar-refractivity contribution in [1.29, 1.82) is 0 Å². The van der Waals surface area contributed by atoms with Crippen molar-refractivity contribution in [3.63, 3.8) is 0 Å². The molecule has 0 radical (unpaired) electrons. The summed E-state index contributed by atoms with van der Waals surface area (Å²) in [5.74, 6) is -0.0798. The number of hydrogen-bond donors (Lipinski definition) is 2. The third kappa shape index (κ3) is 4.71. The smallest absolute Gasteiger partial charge is 0.251 e. The molecular weight excluding hydrogens is 332 g/mol. The van der Waals surface area contributed by atoms with E-state index in [2.05, 4.69) is 39.7 Å². The first-order chi connectivity index (χ1) is 12.2. The molecule has 0 fully saturated rings. The first-order valence-electron chi connectivity index (χ1n) is 8.13. The highest BCUT2D eigenvalue weighted by atomic mass is 32.1. The predicted molar refractivity (Wildman–Crippen MR) is 101 cm³/mol. The molecule has 2 aromatic heterocycles. The number of thiazole rings is 1. The minimum Gasteiger partial charge on any atom is -0.351 e. The molecule has 2 N–H and O–H groups in total. The number of amides is 1. The lowest BCUT2D eigenvalue weighted by molar-refractivity contribution is 0.0954. The molecule has 2 heterocycles. The Morgan fingerprint density at radius 3 is 2.72 bits per heavy atom. The van der Waals surface area contributed by atoms with Gasteiger partial charge in [0.2, 0.25) is 0 Å². The zero-order valence-electron chi connectivity index (χ0n) is 14.0. The summed E-state index contributed by atoms with van der Waals surface area (Å²) in [5, 5.41) is 7.26. The number of hydrogen-bond acceptors (Lipinski definition) is 5. The Morgan fingerprint density at radius 2 is 1.92 bits per heavy atom. The van der Waals surface area contributed by atoms with Crippen LogP contribution >= 0.6 is 11.3 Å². The van der Waals surface area contributed by atoms with E-state index in [0.29, 0.717) is 18.7 Å². The van der Waals surface area contributed by atoms with Gasteiger partial charge in [0.1, 0.15) is 5.01 Å². The molecule has 0 saturated heterocycles. The standard InChI is InChI=1S/C19H20N4OS/c1-14-4-2-3-5-17(14)19-23-13-16(25-19)12-21-10-11-22-18(24)15-6-8-20-9-7-15/h2-9,13,21H,10-12H2,1H3,(H,22,24). The van der Waals surface area contributed by atoms with Crippen LogP contribution in [-0.4, -0.2) is 29.0 Å². The summed E-state index contributed by atoms with van der Waals surface area (Å²) >= 11 is 1.69. The van der Waals surface area contributed by atoms with Crippen molar-refractivity contribution in [3.8, 4) is 10.6 Å². The first-order valence-corrected chi connectivity index (χ1v) is 8.95. The van der Waals surface area contributed by atoms with Gasteiger partial charge in [0.25, 0.3) is 5.91 Å². The van der Waals surface area contributed by atoms with Gasteiger partial charge < -0.3 is 10.6 Å². The van der Waals surface area contributed by atoms with Crippen molar-refractivity contribution in [3.05, 3.63) is 71.0 Å². The minimum atomic E-state index is -0.0798. The molecule has 0 aliphatic carbocycles. The Bertz CT molecular complexity index is 832. The number of aryl methyl sites for hydroxylation is 1. The van der Waals surface area contributed by atoms with E-state index in [1.807, 2.05) is 18.3 Å². The summed E-state index contributed by atoms with van der Waals surface area (Å²) in [6.07, 6.45) is 5.14. The molecule has 1 amide bonds. The van der Waals surface area contributed by atoms with Crippen LogP contribution in [-0.2, 0) is 6.54 Å². The van der Waals surface area contributed by atoms with Gasteiger partial charge in [0, 0.05) is 54.2 Å². The Kier molecular flexibility index (Phi) is 5.87. The lowest BCUT2D eigenvalue weighted by Crippen LogP contribution is -2.31. The zero-order chi connectivity index (χ0) is 17.5. The van der Waals surface area contributed by atoms with Crippen LogP contribution in [0, 0.1) is 6.92 Å². The van der Waals surface area contributed by atoms with Crippen molar-refractivity contribution in [1.82, 2.24) is 20.6 Å². The van der Waals surface area contributed by atoms with Gasteiger partial charge in [-0.3, -0.25) is 9.78 Å². The molecule has 0 aliphatic heterocycles. The maximum absolute atomic E-state index is 11.9. The maximum atomic E-state index is 11.9. The van der Waals surface area contributed by atoms with Crippen molar-refractivity contribution in [2.24, 2.45) is 0 Å². The molecule has 0 aliphatic rings. The number of rotatable bonds is 7.